The van der Waals surface area contributed by atoms with Crippen molar-refractivity contribution in [2.24, 2.45) is 0 Å². The Bertz CT molecular complexity index is 689. The third kappa shape index (κ3) is 7.31. The highest BCUT2D eigenvalue weighted by molar-refractivity contribution is 6.99. The number of likely N-dealkylation sites (N-methyl/N-ethyl adjacent to an activating group) is 1. The normalized spacial score (nSPS) is 19.2. The van der Waals surface area contributed by atoms with E-state index >= 15 is 0 Å². The number of carbonyl (C=O) groups excluding carboxylic acids is 2. The van der Waals surface area contributed by atoms with E-state index in [4.69, 9.17) is 9.47 Å². The van der Waals surface area contributed by atoms with Gasteiger partial charge in [0.25, 0.3) is 5.88 Å². The maximum atomic E-state index is 11.9. The number of carbonyl (C=O) groups is 2. The predicted octanol–water partition coefficient (Wildman–Crippen LogP) is 3.60. The van der Waals surface area contributed by atoms with E-state index in [1.807, 2.05) is 0 Å². The van der Waals surface area contributed by atoms with Gasteiger partial charge in [-0.25, -0.2) is 0 Å². The summed E-state index contributed by atoms with van der Waals surface area (Å²) in [6.07, 6.45) is 8.04. The highest BCUT2D eigenvalue weighted by Gasteiger charge is 2.31. The first-order valence-corrected chi connectivity index (χ1v) is 10.8. The van der Waals surface area contributed by atoms with Gasteiger partial charge in [-0.3, -0.25) is 9.28 Å². The molecule has 2 rings (SSSR count). The number of ether oxygens (including phenoxy) is 2. The molecule has 0 aromatic carbocycles. The molecule has 0 spiro atoms. The van der Waals surface area contributed by atoms with Gasteiger partial charge in [0, 0.05) is 18.4 Å². The van der Waals surface area contributed by atoms with Crippen molar-refractivity contribution in [3.8, 4) is 5.88 Å². The smallest absolute Gasteiger partial charge is 0.310 e. The fraction of sp³-hybridized carbons (Fsp3) is 0.700. The molecule has 0 amide bonds. The molecule has 0 fully saturated rings. The molecular weight excluding hydrogens is 378 g/mol. The maximum absolute atomic E-state index is 11.9. The van der Waals surface area contributed by atoms with Crippen molar-refractivity contribution in [3.05, 3.63) is 11.8 Å². The SMILES string of the molecule is CCCCCCOc1nsnc1C1=CCC[N+](C)(COC(=O)CCC(C)=O)C1. The van der Waals surface area contributed by atoms with Crippen LogP contribution >= 0.6 is 11.7 Å². The minimum atomic E-state index is -0.322. The van der Waals surface area contributed by atoms with Gasteiger partial charge in [0.05, 0.1) is 38.3 Å². The largest absolute Gasteiger partial charge is 0.475 e. The number of rotatable bonds is 12. The number of esters is 1. The molecule has 1 unspecified atom stereocenters. The van der Waals surface area contributed by atoms with Crippen LogP contribution in [0.5, 0.6) is 5.88 Å². The van der Waals surface area contributed by atoms with Gasteiger partial charge in [-0.2, -0.15) is 4.37 Å². The zero-order chi connectivity index (χ0) is 20.4. The molecule has 2 heterocycles. The average Bonchev–Trinajstić information content (AvgIpc) is 3.13. The molecule has 1 aliphatic rings. The summed E-state index contributed by atoms with van der Waals surface area (Å²) in [4.78, 5) is 22.9. The molecule has 1 aromatic heterocycles. The molecule has 0 bridgehead atoms. The Kier molecular flexibility index (Phi) is 9.05. The predicted molar refractivity (Wildman–Crippen MR) is 109 cm³/mol. The zero-order valence-corrected chi connectivity index (χ0v) is 18.1. The Morgan fingerprint density at radius 1 is 1.21 bits per heavy atom. The van der Waals surface area contributed by atoms with E-state index in [1.165, 1.54) is 31.5 Å². The maximum Gasteiger partial charge on any atom is 0.310 e. The van der Waals surface area contributed by atoms with Gasteiger partial charge in [0.2, 0.25) is 6.73 Å². The molecule has 28 heavy (non-hydrogen) atoms. The van der Waals surface area contributed by atoms with Crippen LogP contribution in [0.2, 0.25) is 0 Å². The van der Waals surface area contributed by atoms with Crippen molar-refractivity contribution in [1.82, 2.24) is 8.75 Å². The van der Waals surface area contributed by atoms with E-state index in [9.17, 15) is 9.59 Å². The Morgan fingerprint density at radius 3 is 2.79 bits per heavy atom. The van der Waals surface area contributed by atoms with Gasteiger partial charge < -0.3 is 14.3 Å². The van der Waals surface area contributed by atoms with E-state index in [2.05, 4.69) is 28.8 Å². The van der Waals surface area contributed by atoms with Gasteiger partial charge in [-0.15, -0.1) is 4.37 Å². The van der Waals surface area contributed by atoms with Gasteiger partial charge in [-0.05, 0) is 13.3 Å². The Labute approximate surface area is 171 Å². The monoisotopic (exact) mass is 410 g/mol. The number of quaternary nitrogens is 1. The second-order valence-electron chi connectivity index (χ2n) is 7.69. The van der Waals surface area contributed by atoms with Gasteiger partial charge >= 0.3 is 5.97 Å². The van der Waals surface area contributed by atoms with Gasteiger partial charge in [0.15, 0.2) is 0 Å². The number of nitrogens with zero attached hydrogens (tertiary/aromatic N) is 3. The van der Waals surface area contributed by atoms with Crippen LogP contribution in [0.4, 0.5) is 0 Å². The molecule has 0 aliphatic carbocycles. The van der Waals surface area contributed by atoms with Crippen molar-refractivity contribution in [3.63, 3.8) is 0 Å². The minimum Gasteiger partial charge on any atom is -0.475 e. The topological polar surface area (TPSA) is 78.4 Å². The van der Waals surface area contributed by atoms with Crippen LogP contribution in [0.25, 0.3) is 5.57 Å². The molecule has 7 nitrogen and oxygen atoms in total. The van der Waals surface area contributed by atoms with Crippen LogP contribution in [0, 0.1) is 0 Å². The molecular formula is C20H32N3O4S+. The second kappa shape index (κ2) is 11.3. The van der Waals surface area contributed by atoms with Crippen molar-refractivity contribution >= 4 is 29.1 Å². The Hall–Kier alpha value is -1.80. The van der Waals surface area contributed by atoms with Crippen LogP contribution in [0.1, 0.15) is 64.5 Å². The molecule has 156 valence electrons. The van der Waals surface area contributed by atoms with E-state index < -0.39 is 0 Å². The summed E-state index contributed by atoms with van der Waals surface area (Å²) in [5.41, 5.74) is 1.90. The highest BCUT2D eigenvalue weighted by Crippen LogP contribution is 2.30. The third-order valence-corrected chi connectivity index (χ3v) is 5.34. The number of unbranched alkanes of at least 4 members (excludes halogenated alkanes) is 3. The van der Waals surface area contributed by atoms with E-state index in [0.29, 0.717) is 30.2 Å². The number of aromatic nitrogens is 2. The van der Waals surface area contributed by atoms with Gasteiger partial charge in [0.1, 0.15) is 18.0 Å². The molecule has 1 atom stereocenters. The van der Waals surface area contributed by atoms with E-state index in [-0.39, 0.29) is 24.6 Å². The lowest BCUT2D eigenvalue weighted by Gasteiger charge is -2.36. The third-order valence-electron chi connectivity index (χ3n) is 4.83. The van der Waals surface area contributed by atoms with Crippen LogP contribution < -0.4 is 4.74 Å². The van der Waals surface area contributed by atoms with Crippen LogP contribution in [-0.2, 0) is 14.3 Å². The summed E-state index contributed by atoms with van der Waals surface area (Å²) in [5.74, 6) is 0.288. The quantitative estimate of drug-likeness (QED) is 0.298. The molecule has 0 saturated heterocycles. The van der Waals surface area contributed by atoms with Gasteiger partial charge in [-0.1, -0.05) is 32.3 Å². The van der Waals surface area contributed by atoms with Crippen molar-refractivity contribution in [1.29, 1.82) is 0 Å². The van der Waals surface area contributed by atoms with Crippen molar-refractivity contribution in [2.75, 3.05) is 33.5 Å². The zero-order valence-electron chi connectivity index (χ0n) is 17.2. The molecule has 0 saturated carbocycles. The lowest BCUT2D eigenvalue weighted by Crippen LogP contribution is -2.49. The first kappa shape index (κ1) is 22.5. The summed E-state index contributed by atoms with van der Waals surface area (Å²) < 4.78 is 20.6. The summed E-state index contributed by atoms with van der Waals surface area (Å²) >= 11 is 1.17. The summed E-state index contributed by atoms with van der Waals surface area (Å²) in [5, 5.41) is 0. The van der Waals surface area contributed by atoms with Crippen molar-refractivity contribution < 1.29 is 23.5 Å². The van der Waals surface area contributed by atoms with E-state index in [1.54, 1.807) is 0 Å². The van der Waals surface area contributed by atoms with Crippen LogP contribution in [0.15, 0.2) is 6.08 Å². The second-order valence-corrected chi connectivity index (χ2v) is 8.22. The average molecular weight is 411 g/mol. The lowest BCUT2D eigenvalue weighted by atomic mass is 10.1. The summed E-state index contributed by atoms with van der Waals surface area (Å²) in [7, 11) is 2.07. The summed E-state index contributed by atoms with van der Waals surface area (Å²) in [6.45, 7) is 6.21. The number of Topliss-reactive ketones (excluding diaryl/α,β-unsaturated/α-hetero) is 1. The fourth-order valence-corrected chi connectivity index (χ4v) is 3.67. The van der Waals surface area contributed by atoms with Crippen LogP contribution in [0.3, 0.4) is 0 Å². The lowest BCUT2D eigenvalue weighted by molar-refractivity contribution is -0.919. The molecule has 1 aromatic rings. The molecule has 8 heteroatoms. The molecule has 0 radical (unpaired) electrons. The minimum absolute atomic E-state index is 0.00112. The standard InChI is InChI=1S/C20H32N3O4S/c1-4-5-6-7-13-26-20-19(21-28-22-20)17-9-8-12-23(3,14-17)15-27-18(25)11-10-16(2)24/h9H,4-8,10-15H2,1-3H3/q+1. The Balaban J connectivity index is 1.88. The fourth-order valence-electron chi connectivity index (χ4n) is 3.13. The summed E-state index contributed by atoms with van der Waals surface area (Å²) in [6, 6.07) is 0. The number of ketones is 1. The van der Waals surface area contributed by atoms with Crippen molar-refractivity contribution in [2.45, 2.75) is 58.8 Å². The first-order valence-electron chi connectivity index (χ1n) is 10.1. The van der Waals surface area contributed by atoms with E-state index in [0.717, 1.165) is 37.1 Å². The number of hydrogen-bond donors (Lipinski definition) is 0. The first-order chi connectivity index (χ1) is 13.4. The highest BCUT2D eigenvalue weighted by atomic mass is 32.1. The van der Waals surface area contributed by atoms with Crippen LogP contribution in [-0.4, -0.2) is 58.5 Å². The molecule has 0 N–H and O–H groups in total. The molecule has 1 aliphatic heterocycles. The number of hydrogen-bond acceptors (Lipinski definition) is 7. The Morgan fingerprint density at radius 2 is 2.04 bits per heavy atom.